The van der Waals surface area contributed by atoms with Gasteiger partial charge in [-0.25, -0.2) is 9.59 Å². The average Bonchev–Trinajstić information content (AvgIpc) is 3.32. The largest absolute Gasteiger partial charge is 0.481 e. The molecule has 0 radical (unpaired) electrons. The molecule has 3 aromatic carbocycles. The summed E-state index contributed by atoms with van der Waals surface area (Å²) in [5, 5.41) is 38.1. The van der Waals surface area contributed by atoms with Crippen LogP contribution in [0.25, 0.3) is 0 Å². The molecule has 11 atom stereocenters. The lowest BCUT2D eigenvalue weighted by atomic mass is 9.44. The van der Waals surface area contributed by atoms with Crippen LogP contribution in [-0.2, 0) is 57.2 Å². The lowest BCUT2D eigenvalue weighted by molar-refractivity contribution is -0.346. The van der Waals surface area contributed by atoms with E-state index >= 15 is 9.59 Å². The van der Waals surface area contributed by atoms with E-state index in [1.165, 1.54) is 52.0 Å². The number of esters is 5. The summed E-state index contributed by atoms with van der Waals surface area (Å²) in [7, 11) is 0. The van der Waals surface area contributed by atoms with Crippen LogP contribution in [0.1, 0.15) is 112 Å². The molecule has 3 aliphatic carbocycles. The topological polar surface area (TPSA) is 265 Å². The van der Waals surface area contributed by atoms with E-state index < -0.39 is 125 Å². The lowest BCUT2D eigenvalue weighted by Gasteiger charge is -2.67. The van der Waals surface area contributed by atoms with Gasteiger partial charge in [0, 0.05) is 50.5 Å². The highest BCUT2D eigenvalue weighted by molar-refractivity contribution is 5.96. The highest BCUT2D eigenvalue weighted by Crippen LogP contribution is 2.64. The number of hydrogen-bond acceptors (Lipinski definition) is 16. The number of unbranched alkanes of at least 4 members (excludes halogenated alkanes) is 1. The van der Waals surface area contributed by atoms with Gasteiger partial charge in [0.25, 0.3) is 5.91 Å². The summed E-state index contributed by atoms with van der Waals surface area (Å²) in [6, 6.07) is 22.5. The Bertz CT molecular complexity index is 2580. The molecule has 0 aromatic heterocycles. The minimum Gasteiger partial charge on any atom is -0.481 e. The zero-order valence-electron chi connectivity index (χ0n) is 40.3. The number of carboxylic acids is 1. The van der Waals surface area contributed by atoms with Crippen molar-refractivity contribution in [3.05, 3.63) is 119 Å². The molecule has 4 N–H and O–H groups in total. The fourth-order valence-electron chi connectivity index (χ4n) is 11.0. The molecule has 18 nitrogen and oxygen atoms in total. The third-order valence-electron chi connectivity index (χ3n) is 14.7. The van der Waals surface area contributed by atoms with Gasteiger partial charge in [-0.3, -0.25) is 28.8 Å². The quantitative estimate of drug-likeness (QED) is 0.0641. The molecular weight excluding hydrogens is 923 g/mol. The number of aliphatic carboxylic acids is 1. The number of amides is 1. The van der Waals surface area contributed by atoms with Crippen molar-refractivity contribution in [2.45, 2.75) is 134 Å². The first-order valence-electron chi connectivity index (χ1n) is 23.5. The number of ketones is 1. The van der Waals surface area contributed by atoms with Crippen molar-refractivity contribution in [1.82, 2.24) is 5.32 Å². The number of hydrogen-bond donors (Lipinski definition) is 4. The first kappa shape index (κ1) is 52.1. The van der Waals surface area contributed by atoms with Gasteiger partial charge in [0.2, 0.25) is 6.10 Å². The van der Waals surface area contributed by atoms with Crippen molar-refractivity contribution in [1.29, 1.82) is 0 Å². The smallest absolute Gasteiger partial charge is 0.350 e. The molecule has 378 valence electrons. The standard InChI is InChI=1S/C53H59NO17/c1-29-35(68-49(64)43(69-39(60)25-17-16-24-38(58)59)41(32-18-10-7-11-19-32)54-47(62)33-20-12-8-13-21-33)27-53(65)46(70-48(63)34-22-14-9-15-23-34)44-51(6,36(57)26-37-52(44,28-66-37)71-31(3)56)45(61)42(67-30(2)55)40(29)50(53,4)5/h7-15,18-23,35-37,41-44,46,57,65H,16-17,24-28H2,1-6H3,(H,54,62)(H,58,59)/t35-,36-,37+,41-,42+,43+,44-,46-,51+,52-,53+/m0/s1. The highest BCUT2D eigenvalue weighted by atomic mass is 16.6. The number of benzene rings is 3. The normalized spacial score (nSPS) is 29.2. The Hall–Kier alpha value is -6.76. The molecule has 2 bridgehead atoms. The summed E-state index contributed by atoms with van der Waals surface area (Å²) in [5.41, 5.74) is -7.60. The van der Waals surface area contributed by atoms with E-state index in [-0.39, 0.29) is 61.0 Å². The molecule has 0 unspecified atom stereocenters. The van der Waals surface area contributed by atoms with Crippen molar-refractivity contribution >= 4 is 47.5 Å². The Balaban J connectivity index is 1.40. The molecule has 18 heteroatoms. The fraction of sp³-hybridized carbons (Fsp3) is 0.472. The predicted molar refractivity (Wildman–Crippen MR) is 248 cm³/mol. The maximum atomic E-state index is 15.7. The molecule has 1 amide bonds. The van der Waals surface area contributed by atoms with Crippen molar-refractivity contribution in [3.8, 4) is 0 Å². The minimum absolute atomic E-state index is 0.0314. The Morgan fingerprint density at radius 3 is 1.96 bits per heavy atom. The van der Waals surface area contributed by atoms with Crippen LogP contribution in [0.4, 0.5) is 0 Å². The van der Waals surface area contributed by atoms with Crippen LogP contribution in [-0.4, -0.2) is 117 Å². The molecule has 1 heterocycles. The fourth-order valence-corrected chi connectivity index (χ4v) is 11.0. The Morgan fingerprint density at radius 1 is 0.803 bits per heavy atom. The van der Waals surface area contributed by atoms with Gasteiger partial charge in [0.05, 0.1) is 29.6 Å². The predicted octanol–water partition coefficient (Wildman–Crippen LogP) is 4.93. The van der Waals surface area contributed by atoms with Crippen LogP contribution in [0.5, 0.6) is 0 Å². The molecule has 2 saturated carbocycles. The summed E-state index contributed by atoms with van der Waals surface area (Å²) in [6.07, 6.45) is -11.3. The summed E-state index contributed by atoms with van der Waals surface area (Å²) < 4.78 is 36.6. The van der Waals surface area contributed by atoms with E-state index in [2.05, 4.69) is 5.32 Å². The van der Waals surface area contributed by atoms with Crippen LogP contribution in [0, 0.1) is 16.7 Å². The van der Waals surface area contributed by atoms with Crippen LogP contribution in [0.3, 0.4) is 0 Å². The molecule has 0 spiro atoms. The number of aliphatic hydroxyl groups is 2. The van der Waals surface area contributed by atoms with Crippen LogP contribution in [0.15, 0.2) is 102 Å². The number of carbonyl (C=O) groups excluding carboxylic acids is 7. The van der Waals surface area contributed by atoms with Crippen molar-refractivity contribution in [3.63, 3.8) is 0 Å². The minimum atomic E-state index is -2.48. The average molecular weight is 982 g/mol. The molecule has 1 saturated heterocycles. The van der Waals surface area contributed by atoms with Crippen molar-refractivity contribution < 1.29 is 82.1 Å². The molecule has 3 aromatic rings. The van der Waals surface area contributed by atoms with Crippen LogP contribution >= 0.6 is 0 Å². The van der Waals surface area contributed by atoms with E-state index in [0.29, 0.717) is 5.56 Å². The lowest BCUT2D eigenvalue weighted by Crippen LogP contribution is -2.82. The first-order chi connectivity index (χ1) is 33.6. The van der Waals surface area contributed by atoms with Gasteiger partial charge in [-0.1, -0.05) is 80.6 Å². The highest BCUT2D eigenvalue weighted by Gasteiger charge is 2.78. The number of carboxylic acid groups (broad SMARTS) is 1. The zero-order chi connectivity index (χ0) is 51.6. The zero-order valence-corrected chi connectivity index (χ0v) is 40.3. The summed E-state index contributed by atoms with van der Waals surface area (Å²) in [5.74, 6) is -9.17. The third-order valence-corrected chi connectivity index (χ3v) is 14.7. The van der Waals surface area contributed by atoms with E-state index in [1.54, 1.807) is 66.7 Å². The van der Waals surface area contributed by atoms with Gasteiger partial charge in [0.1, 0.15) is 30.0 Å². The van der Waals surface area contributed by atoms with Crippen LogP contribution in [0.2, 0.25) is 0 Å². The van der Waals surface area contributed by atoms with E-state index in [4.69, 9.17) is 28.4 Å². The maximum absolute atomic E-state index is 15.7. The third kappa shape index (κ3) is 9.84. The Kier molecular flexibility index (Phi) is 15.1. The van der Waals surface area contributed by atoms with E-state index in [1.807, 2.05) is 0 Å². The van der Waals surface area contributed by atoms with Crippen molar-refractivity contribution in [2.24, 2.45) is 16.7 Å². The second-order valence-corrected chi connectivity index (χ2v) is 19.4. The number of ether oxygens (including phenoxy) is 6. The molecule has 1 aliphatic heterocycles. The summed E-state index contributed by atoms with van der Waals surface area (Å²) in [4.78, 5) is 110. The van der Waals surface area contributed by atoms with Gasteiger partial charge in [-0.15, -0.1) is 0 Å². The molecule has 7 rings (SSSR count). The number of aliphatic hydroxyl groups excluding tert-OH is 1. The second-order valence-electron chi connectivity index (χ2n) is 19.4. The monoisotopic (exact) mass is 981 g/mol. The molecular formula is C53H59NO17. The molecule has 3 fully saturated rings. The Labute approximate surface area is 410 Å². The van der Waals surface area contributed by atoms with E-state index in [0.717, 1.165) is 13.8 Å². The van der Waals surface area contributed by atoms with E-state index in [9.17, 15) is 44.1 Å². The summed E-state index contributed by atoms with van der Waals surface area (Å²) in [6.45, 7) is 7.78. The number of Topliss-reactive ketones (excluding diaryl/α,β-unsaturated/α-hetero) is 1. The van der Waals surface area contributed by atoms with Crippen LogP contribution < -0.4 is 5.32 Å². The van der Waals surface area contributed by atoms with Gasteiger partial charge in [-0.05, 0) is 67.7 Å². The van der Waals surface area contributed by atoms with Gasteiger partial charge >= 0.3 is 35.8 Å². The summed E-state index contributed by atoms with van der Waals surface area (Å²) >= 11 is 0. The Morgan fingerprint density at radius 2 is 1.39 bits per heavy atom. The second kappa shape index (κ2) is 20.5. The van der Waals surface area contributed by atoms with Gasteiger partial charge in [0.15, 0.2) is 17.5 Å². The molecule has 71 heavy (non-hydrogen) atoms. The molecule has 4 aliphatic rings. The number of fused-ring (bicyclic) bond motifs is 5. The van der Waals surface area contributed by atoms with Crippen molar-refractivity contribution in [2.75, 3.05) is 6.61 Å². The SMILES string of the molecule is CC(=O)O[C@H]1C(=O)[C@@]2(C)[C@H]([C@H](OC(=O)c3ccccc3)[C@]3(O)C[C@H](OC(=O)[C@H](OC(=O)CCCCC(=O)O)[C@@H](NC(=O)c4ccccc4)c4ccccc4)C(C)=C1C3(C)C)[C@]1(OC(C)=O)CO[C@@H]1C[C@@H]2O. The van der Waals surface area contributed by atoms with Gasteiger partial charge in [-0.2, -0.15) is 0 Å². The first-order valence-corrected chi connectivity index (χ1v) is 23.5. The number of rotatable bonds is 16. The number of nitrogens with one attached hydrogen (secondary N) is 1. The van der Waals surface area contributed by atoms with Gasteiger partial charge < -0.3 is 49.1 Å². The number of carbonyl (C=O) groups is 8. The maximum Gasteiger partial charge on any atom is 0.350 e.